The van der Waals surface area contributed by atoms with E-state index < -0.39 is 5.97 Å². The zero-order chi connectivity index (χ0) is 9.84. The van der Waals surface area contributed by atoms with E-state index in [1.165, 1.54) is 0 Å². The van der Waals surface area contributed by atoms with Crippen LogP contribution in [0.2, 0.25) is 5.82 Å². The minimum absolute atomic E-state index is 0.0682. The van der Waals surface area contributed by atoms with E-state index in [1.807, 2.05) is 38.2 Å². The van der Waals surface area contributed by atoms with Gasteiger partial charge in [0.2, 0.25) is 0 Å². The second kappa shape index (κ2) is 4.17. The summed E-state index contributed by atoms with van der Waals surface area (Å²) >= 11 is 0. The average molecular weight is 174 g/mol. The molecule has 66 valence electrons. The molecule has 0 aromatic heterocycles. The van der Waals surface area contributed by atoms with Gasteiger partial charge in [-0.25, -0.2) is 0 Å². The molecule has 0 bridgehead atoms. The highest BCUT2D eigenvalue weighted by molar-refractivity contribution is 6.29. The second-order valence-corrected chi connectivity index (χ2v) is 3.33. The molecule has 0 spiro atoms. The lowest BCUT2D eigenvalue weighted by molar-refractivity contribution is -0.136. The van der Waals surface area contributed by atoms with E-state index in [1.54, 1.807) is 7.85 Å². The zero-order valence-corrected chi connectivity index (χ0v) is 7.90. The van der Waals surface area contributed by atoms with Crippen LogP contribution < -0.4 is 0 Å². The van der Waals surface area contributed by atoms with Gasteiger partial charge in [-0.15, -0.1) is 0 Å². The molecule has 0 radical (unpaired) electrons. The SMILES string of the molecule is BC(C(=O)O)C(B)c1ccccc1. The third-order valence-electron chi connectivity index (χ3n) is 2.46. The molecule has 2 unspecified atom stereocenters. The third kappa shape index (κ3) is 2.38. The first-order valence-electron chi connectivity index (χ1n) is 4.40. The molecule has 4 heteroatoms. The predicted octanol–water partition coefficient (Wildman–Crippen LogP) is -0.133. The van der Waals surface area contributed by atoms with Gasteiger partial charge in [-0.05, 0) is 5.82 Å². The summed E-state index contributed by atoms with van der Waals surface area (Å²) in [5, 5.41) is 8.81. The van der Waals surface area contributed by atoms with Gasteiger partial charge in [-0.3, -0.25) is 4.79 Å². The van der Waals surface area contributed by atoms with Crippen molar-refractivity contribution < 1.29 is 9.90 Å². The van der Waals surface area contributed by atoms with Gasteiger partial charge < -0.3 is 5.11 Å². The summed E-state index contributed by atoms with van der Waals surface area (Å²) in [5.41, 5.74) is 1.08. The van der Waals surface area contributed by atoms with Crippen LogP contribution in [0, 0.1) is 0 Å². The molecule has 0 aliphatic rings. The number of benzene rings is 1. The van der Waals surface area contributed by atoms with Crippen molar-refractivity contribution in [2.45, 2.75) is 11.6 Å². The van der Waals surface area contributed by atoms with Crippen LogP contribution in [-0.4, -0.2) is 26.8 Å². The van der Waals surface area contributed by atoms with Crippen molar-refractivity contribution in [2.24, 2.45) is 0 Å². The maximum absolute atomic E-state index is 10.7. The summed E-state index contributed by atoms with van der Waals surface area (Å²) < 4.78 is 0. The van der Waals surface area contributed by atoms with E-state index in [0.717, 1.165) is 5.56 Å². The molecule has 0 amide bonds. The maximum Gasteiger partial charge on any atom is 0.298 e. The molecule has 0 aliphatic heterocycles. The number of carbonyl (C=O) groups is 1. The van der Waals surface area contributed by atoms with Gasteiger partial charge in [0.1, 0.15) is 15.7 Å². The fourth-order valence-corrected chi connectivity index (χ4v) is 1.26. The third-order valence-corrected chi connectivity index (χ3v) is 2.46. The van der Waals surface area contributed by atoms with Crippen molar-refractivity contribution >= 4 is 21.7 Å². The Labute approximate surface area is 79.8 Å². The molecule has 0 aliphatic carbocycles. The highest BCUT2D eigenvalue weighted by Crippen LogP contribution is 2.23. The van der Waals surface area contributed by atoms with E-state index in [0.29, 0.717) is 0 Å². The Balaban J connectivity index is 2.79. The van der Waals surface area contributed by atoms with Crippen LogP contribution in [0.25, 0.3) is 0 Å². The minimum atomic E-state index is -0.739. The lowest BCUT2D eigenvalue weighted by Gasteiger charge is -2.15. The van der Waals surface area contributed by atoms with Crippen LogP contribution in [0.4, 0.5) is 0 Å². The Morgan fingerprint density at radius 3 is 2.23 bits per heavy atom. The molecule has 1 N–H and O–H groups in total. The van der Waals surface area contributed by atoms with Gasteiger partial charge in [0, 0.05) is 5.82 Å². The Bertz CT molecular complexity index is 287. The Morgan fingerprint density at radius 2 is 1.77 bits per heavy atom. The number of rotatable bonds is 3. The molecule has 0 heterocycles. The van der Waals surface area contributed by atoms with Gasteiger partial charge >= 0.3 is 0 Å². The van der Waals surface area contributed by atoms with Crippen molar-refractivity contribution in [3.8, 4) is 0 Å². The van der Waals surface area contributed by atoms with Crippen molar-refractivity contribution in [3.05, 3.63) is 35.9 Å². The monoisotopic (exact) mass is 174 g/mol. The normalized spacial score (nSPS) is 14.8. The summed E-state index contributed by atoms with van der Waals surface area (Å²) in [5.74, 6) is -1.00. The van der Waals surface area contributed by atoms with Gasteiger partial charge in [0.25, 0.3) is 5.97 Å². The molecule has 0 saturated heterocycles. The summed E-state index contributed by atoms with van der Waals surface area (Å²) in [6, 6.07) is 9.72. The summed E-state index contributed by atoms with van der Waals surface area (Å²) in [6.45, 7) is 0. The van der Waals surface area contributed by atoms with Crippen LogP contribution >= 0.6 is 0 Å². The van der Waals surface area contributed by atoms with Crippen LogP contribution in [0.1, 0.15) is 11.4 Å². The number of hydrogen-bond acceptors (Lipinski definition) is 1. The lowest BCUT2D eigenvalue weighted by atomic mass is 9.64. The van der Waals surface area contributed by atoms with Crippen molar-refractivity contribution in [1.82, 2.24) is 0 Å². The predicted molar refractivity (Wildman–Crippen MR) is 57.7 cm³/mol. The minimum Gasteiger partial charge on any atom is -0.482 e. The van der Waals surface area contributed by atoms with Gasteiger partial charge in [-0.1, -0.05) is 35.9 Å². The van der Waals surface area contributed by atoms with E-state index in [4.69, 9.17) is 5.11 Å². The molecular formula is C9H12B2O2. The molecule has 2 nitrogen and oxygen atoms in total. The fraction of sp³-hybridized carbons (Fsp3) is 0.222. The van der Waals surface area contributed by atoms with Crippen molar-refractivity contribution in [3.63, 3.8) is 0 Å². The van der Waals surface area contributed by atoms with Gasteiger partial charge in [0.15, 0.2) is 0 Å². The standard InChI is InChI=1S/C9H12B2O2/c10-7(8(11)9(12)13)6-4-2-1-3-5-6/h1-5,7-8H,10-11H2,(H,12,13). The zero-order valence-electron chi connectivity index (χ0n) is 7.90. The number of carboxylic acids is 1. The van der Waals surface area contributed by atoms with Crippen LogP contribution in [0.15, 0.2) is 30.3 Å². The van der Waals surface area contributed by atoms with Crippen LogP contribution in [0.3, 0.4) is 0 Å². The molecule has 0 saturated carbocycles. The Morgan fingerprint density at radius 1 is 1.23 bits per heavy atom. The van der Waals surface area contributed by atoms with Gasteiger partial charge in [-0.2, -0.15) is 0 Å². The van der Waals surface area contributed by atoms with Crippen molar-refractivity contribution in [1.29, 1.82) is 0 Å². The maximum atomic E-state index is 10.7. The molecule has 1 rings (SSSR count). The molecule has 2 atom stereocenters. The lowest BCUT2D eigenvalue weighted by Crippen LogP contribution is -2.16. The van der Waals surface area contributed by atoms with Crippen molar-refractivity contribution in [2.75, 3.05) is 0 Å². The summed E-state index contributed by atoms with van der Waals surface area (Å²) in [6.07, 6.45) is 0. The quantitative estimate of drug-likeness (QED) is 0.647. The largest absolute Gasteiger partial charge is 0.482 e. The first-order chi connectivity index (χ1) is 6.13. The molecule has 1 aromatic rings. The van der Waals surface area contributed by atoms with E-state index in [9.17, 15) is 4.79 Å². The molecule has 13 heavy (non-hydrogen) atoms. The van der Waals surface area contributed by atoms with E-state index in [2.05, 4.69) is 0 Å². The molecule has 0 fully saturated rings. The second-order valence-electron chi connectivity index (χ2n) is 3.33. The number of aliphatic carboxylic acids is 1. The molecule has 1 aromatic carbocycles. The molecular weight excluding hydrogens is 162 g/mol. The van der Waals surface area contributed by atoms with Crippen LogP contribution in [0.5, 0.6) is 0 Å². The van der Waals surface area contributed by atoms with Crippen LogP contribution in [-0.2, 0) is 4.79 Å². The highest BCUT2D eigenvalue weighted by Gasteiger charge is 2.19. The first-order valence-corrected chi connectivity index (χ1v) is 4.40. The number of carboxylic acid groups (broad SMARTS) is 1. The smallest absolute Gasteiger partial charge is 0.298 e. The summed E-state index contributed by atoms with van der Waals surface area (Å²) in [4.78, 5) is 10.7. The van der Waals surface area contributed by atoms with E-state index >= 15 is 0 Å². The Hall–Kier alpha value is -1.18. The summed E-state index contributed by atoms with van der Waals surface area (Å²) in [7, 11) is 3.67. The Kier molecular flexibility index (Phi) is 3.18. The van der Waals surface area contributed by atoms with Gasteiger partial charge in [0.05, 0.1) is 0 Å². The van der Waals surface area contributed by atoms with E-state index in [-0.39, 0.29) is 11.6 Å². The fourth-order valence-electron chi connectivity index (χ4n) is 1.26. The first kappa shape index (κ1) is 9.90. The number of hydrogen-bond donors (Lipinski definition) is 1. The topological polar surface area (TPSA) is 37.3 Å². The highest BCUT2D eigenvalue weighted by atomic mass is 16.4. The average Bonchev–Trinajstić information content (AvgIpc) is 2.17.